The summed E-state index contributed by atoms with van der Waals surface area (Å²) in [4.78, 5) is 0. The molecule has 0 spiro atoms. The Labute approximate surface area is 144 Å². The topological polar surface area (TPSA) is 25.8 Å². The molecule has 1 heterocycles. The van der Waals surface area contributed by atoms with Gasteiger partial charge in [-0.2, -0.15) is 8.75 Å². The molecule has 0 saturated heterocycles. The van der Waals surface area contributed by atoms with Gasteiger partial charge in [-0.25, -0.2) is 0 Å². The van der Waals surface area contributed by atoms with Gasteiger partial charge in [0.1, 0.15) is 11.0 Å². The molecule has 0 bridgehead atoms. The molecule has 2 aromatic rings. The molecule has 2 aliphatic rings. The maximum atomic E-state index is 4.71. The van der Waals surface area contributed by atoms with Crippen LogP contribution in [0.5, 0.6) is 0 Å². The monoisotopic (exact) mass is 328 g/mol. The first kappa shape index (κ1) is 15.6. The number of nitrogens with zero attached hydrogens (tertiary/aromatic N) is 2. The van der Waals surface area contributed by atoms with Crippen molar-refractivity contribution in [1.82, 2.24) is 8.75 Å². The van der Waals surface area contributed by atoms with Gasteiger partial charge in [0.2, 0.25) is 0 Å². The van der Waals surface area contributed by atoms with Gasteiger partial charge in [0.25, 0.3) is 0 Å². The van der Waals surface area contributed by atoms with Crippen LogP contribution >= 0.6 is 11.7 Å². The van der Waals surface area contributed by atoms with Crippen molar-refractivity contribution < 1.29 is 0 Å². The average molecular weight is 329 g/mol. The maximum absolute atomic E-state index is 4.71. The third-order valence-corrected chi connectivity index (χ3v) is 6.92. The molecule has 0 unspecified atom stereocenters. The van der Waals surface area contributed by atoms with Gasteiger partial charge in [0.15, 0.2) is 0 Å². The van der Waals surface area contributed by atoms with Crippen LogP contribution in [0.1, 0.15) is 88.2 Å². The summed E-state index contributed by atoms with van der Waals surface area (Å²) in [5.74, 6) is 3.22. The second kappa shape index (κ2) is 6.51. The van der Waals surface area contributed by atoms with Crippen LogP contribution in [0.2, 0.25) is 0 Å². The minimum Gasteiger partial charge on any atom is -0.173 e. The molecule has 1 aromatic heterocycles. The van der Waals surface area contributed by atoms with Crippen LogP contribution in [0.15, 0.2) is 12.1 Å². The Kier molecular flexibility index (Phi) is 4.40. The zero-order valence-corrected chi connectivity index (χ0v) is 15.2. The van der Waals surface area contributed by atoms with Gasteiger partial charge in [0, 0.05) is 0 Å². The zero-order chi connectivity index (χ0) is 15.8. The summed E-state index contributed by atoms with van der Waals surface area (Å²) in [6.45, 7) is 4.78. The Hall–Kier alpha value is -0.960. The van der Waals surface area contributed by atoms with Crippen molar-refractivity contribution in [2.45, 2.75) is 77.0 Å². The molecular weight excluding hydrogens is 300 g/mol. The third kappa shape index (κ3) is 3.05. The Balaban J connectivity index is 1.65. The number of hydrogen-bond acceptors (Lipinski definition) is 3. The summed E-state index contributed by atoms with van der Waals surface area (Å²) in [6, 6.07) is 4.80. The van der Waals surface area contributed by atoms with Gasteiger partial charge in [0.05, 0.1) is 11.7 Å². The van der Waals surface area contributed by atoms with Crippen LogP contribution in [-0.2, 0) is 0 Å². The van der Waals surface area contributed by atoms with Gasteiger partial charge in [-0.1, -0.05) is 51.7 Å². The second-order valence-corrected chi connectivity index (χ2v) is 8.65. The summed E-state index contributed by atoms with van der Waals surface area (Å²) in [5, 5.41) is 0. The van der Waals surface area contributed by atoms with E-state index in [0.29, 0.717) is 11.8 Å². The second-order valence-electron chi connectivity index (χ2n) is 8.12. The summed E-state index contributed by atoms with van der Waals surface area (Å²) in [5.41, 5.74) is 5.42. The fraction of sp³-hybridized carbons (Fsp3) is 0.700. The lowest BCUT2D eigenvalue weighted by Gasteiger charge is -2.28. The maximum Gasteiger partial charge on any atom is 0.108 e. The van der Waals surface area contributed by atoms with E-state index in [1.54, 1.807) is 0 Å². The van der Waals surface area contributed by atoms with E-state index < -0.39 is 0 Å². The molecule has 0 N–H and O–H groups in total. The highest BCUT2D eigenvalue weighted by atomic mass is 32.1. The highest BCUT2D eigenvalue weighted by molar-refractivity contribution is 7.00. The zero-order valence-electron chi connectivity index (χ0n) is 14.4. The molecule has 124 valence electrons. The summed E-state index contributed by atoms with van der Waals surface area (Å²) >= 11 is 1.41. The predicted molar refractivity (Wildman–Crippen MR) is 98.2 cm³/mol. The number of benzene rings is 1. The van der Waals surface area contributed by atoms with E-state index in [2.05, 4.69) is 26.0 Å². The lowest BCUT2D eigenvalue weighted by molar-refractivity contribution is 0.347. The van der Waals surface area contributed by atoms with Crippen molar-refractivity contribution in [3.05, 3.63) is 23.3 Å². The van der Waals surface area contributed by atoms with Gasteiger partial charge < -0.3 is 0 Å². The van der Waals surface area contributed by atoms with Crippen LogP contribution in [0.25, 0.3) is 11.0 Å². The average Bonchev–Trinajstić information content (AvgIpc) is 3.05. The van der Waals surface area contributed by atoms with Gasteiger partial charge in [-0.3, -0.25) is 0 Å². The van der Waals surface area contributed by atoms with E-state index in [-0.39, 0.29) is 0 Å². The molecule has 2 saturated carbocycles. The predicted octanol–water partition coefficient (Wildman–Crippen LogP) is 6.28. The molecule has 2 aliphatic carbocycles. The van der Waals surface area contributed by atoms with E-state index >= 15 is 0 Å². The van der Waals surface area contributed by atoms with Gasteiger partial charge in [-0.15, -0.1) is 0 Å². The number of aromatic nitrogens is 2. The van der Waals surface area contributed by atoms with Crippen LogP contribution in [0.4, 0.5) is 0 Å². The molecule has 0 amide bonds. The van der Waals surface area contributed by atoms with E-state index in [0.717, 1.165) is 11.8 Å². The number of rotatable bonds is 2. The summed E-state index contributed by atoms with van der Waals surface area (Å²) < 4.78 is 9.43. The molecule has 1 aromatic carbocycles. The van der Waals surface area contributed by atoms with Crippen molar-refractivity contribution >= 4 is 22.8 Å². The van der Waals surface area contributed by atoms with E-state index in [1.165, 1.54) is 85.3 Å². The van der Waals surface area contributed by atoms with E-state index in [4.69, 9.17) is 8.75 Å². The first-order valence-electron chi connectivity index (χ1n) is 9.47. The molecule has 0 atom stereocenters. The van der Waals surface area contributed by atoms with Gasteiger partial charge in [-0.05, 0) is 60.5 Å². The van der Waals surface area contributed by atoms with Crippen molar-refractivity contribution in [3.8, 4) is 0 Å². The number of fused-ring (bicyclic) bond motifs is 1. The molecule has 2 nitrogen and oxygen atoms in total. The third-order valence-electron chi connectivity index (χ3n) is 6.39. The molecule has 0 aliphatic heterocycles. The highest BCUT2D eigenvalue weighted by Crippen LogP contribution is 2.42. The van der Waals surface area contributed by atoms with E-state index in [1.807, 2.05) is 0 Å². The standard InChI is InChI=1S/C20H28N2S/c1-13-3-7-15(8-4-13)17-11-12-18(20-19(17)21-23-22-20)16-9-5-14(2)6-10-16/h11-16H,3-10H2,1-2H3. The minimum absolute atomic E-state index is 0.707. The van der Waals surface area contributed by atoms with Crippen molar-refractivity contribution in [1.29, 1.82) is 0 Å². The van der Waals surface area contributed by atoms with Crippen molar-refractivity contribution in [2.75, 3.05) is 0 Å². The van der Waals surface area contributed by atoms with Crippen LogP contribution in [0, 0.1) is 11.8 Å². The molecule has 4 rings (SSSR count). The van der Waals surface area contributed by atoms with Crippen LogP contribution < -0.4 is 0 Å². The van der Waals surface area contributed by atoms with Crippen LogP contribution in [-0.4, -0.2) is 8.75 Å². The Bertz CT molecular complexity index is 605. The highest BCUT2D eigenvalue weighted by Gasteiger charge is 2.26. The molecule has 2 fully saturated rings. The van der Waals surface area contributed by atoms with Crippen molar-refractivity contribution in [2.24, 2.45) is 11.8 Å². The largest absolute Gasteiger partial charge is 0.173 e. The Morgan fingerprint density at radius 1 is 0.696 bits per heavy atom. The summed E-state index contributed by atoms with van der Waals surface area (Å²) in [6.07, 6.45) is 10.8. The molecule has 0 radical (unpaired) electrons. The first-order chi connectivity index (χ1) is 11.2. The molecule has 23 heavy (non-hydrogen) atoms. The smallest absolute Gasteiger partial charge is 0.108 e. The lowest BCUT2D eigenvalue weighted by Crippen LogP contribution is -2.13. The quantitative estimate of drug-likeness (QED) is 0.648. The fourth-order valence-corrected chi connectivity index (χ4v) is 5.29. The Morgan fingerprint density at radius 2 is 1.09 bits per heavy atom. The lowest BCUT2D eigenvalue weighted by atomic mass is 9.76. The fourth-order valence-electron chi connectivity index (χ4n) is 4.71. The SMILES string of the molecule is CC1CCC(c2ccc(C3CCC(C)CC3)c3nsnc23)CC1. The number of hydrogen-bond donors (Lipinski definition) is 0. The first-order valence-corrected chi connectivity index (χ1v) is 10.2. The van der Waals surface area contributed by atoms with Crippen molar-refractivity contribution in [3.63, 3.8) is 0 Å². The van der Waals surface area contributed by atoms with Crippen LogP contribution in [0.3, 0.4) is 0 Å². The molecule has 3 heteroatoms. The van der Waals surface area contributed by atoms with E-state index in [9.17, 15) is 0 Å². The normalized spacial score (nSPS) is 32.3. The van der Waals surface area contributed by atoms with Gasteiger partial charge >= 0.3 is 0 Å². The molecular formula is C20H28N2S. The minimum atomic E-state index is 0.707. The summed E-state index contributed by atoms with van der Waals surface area (Å²) in [7, 11) is 0. The Morgan fingerprint density at radius 3 is 1.48 bits per heavy atom.